The van der Waals surface area contributed by atoms with Gasteiger partial charge in [0, 0.05) is 32.7 Å². The van der Waals surface area contributed by atoms with E-state index >= 15 is 0 Å². The molecule has 1 aliphatic heterocycles. The fourth-order valence-corrected chi connectivity index (χ4v) is 2.15. The van der Waals surface area contributed by atoms with Crippen LogP contribution in [0.4, 0.5) is 0 Å². The molecule has 1 aromatic rings. The molecule has 2 rings (SSSR count). The molecule has 0 bridgehead atoms. The van der Waals surface area contributed by atoms with Gasteiger partial charge in [-0.2, -0.15) is 0 Å². The van der Waals surface area contributed by atoms with Gasteiger partial charge in [-0.1, -0.05) is 12.1 Å². The van der Waals surface area contributed by atoms with Crippen molar-refractivity contribution in [2.24, 2.45) is 0 Å². The second-order valence-corrected chi connectivity index (χ2v) is 4.74. The first kappa shape index (κ1) is 12.4. The van der Waals surface area contributed by atoms with E-state index in [1.807, 2.05) is 12.1 Å². The molecular weight excluding hydrogens is 212 g/mol. The van der Waals surface area contributed by atoms with Crippen LogP contribution in [0.2, 0.25) is 0 Å². The molecule has 0 N–H and O–H groups in total. The zero-order valence-electron chi connectivity index (χ0n) is 10.9. The minimum atomic E-state index is 0.938. The van der Waals surface area contributed by atoms with E-state index in [2.05, 4.69) is 29.0 Å². The zero-order chi connectivity index (χ0) is 12.1. The van der Waals surface area contributed by atoms with Gasteiger partial charge in [0.25, 0.3) is 0 Å². The molecule has 0 unspecified atom stereocenters. The summed E-state index contributed by atoms with van der Waals surface area (Å²) < 4.78 is 5.16. The Morgan fingerprint density at radius 2 is 1.71 bits per heavy atom. The lowest BCUT2D eigenvalue weighted by Gasteiger charge is -2.32. The van der Waals surface area contributed by atoms with Crippen LogP contribution in [0.1, 0.15) is 5.56 Å². The number of methoxy groups -OCH3 is 1. The van der Waals surface area contributed by atoms with Gasteiger partial charge in [-0.3, -0.25) is 0 Å². The fraction of sp³-hybridized carbons (Fsp3) is 0.571. The minimum absolute atomic E-state index is 0.938. The van der Waals surface area contributed by atoms with Gasteiger partial charge in [0.15, 0.2) is 0 Å². The summed E-state index contributed by atoms with van der Waals surface area (Å²) in [5.74, 6) is 0.938. The lowest BCUT2D eigenvalue weighted by Crippen LogP contribution is -2.45. The molecule has 3 nitrogen and oxygen atoms in total. The average Bonchev–Trinajstić information content (AvgIpc) is 2.39. The summed E-state index contributed by atoms with van der Waals surface area (Å²) >= 11 is 0. The van der Waals surface area contributed by atoms with Crippen molar-refractivity contribution >= 4 is 0 Å². The molecule has 1 fully saturated rings. The summed E-state index contributed by atoms with van der Waals surface area (Å²) in [7, 11) is 3.90. The van der Waals surface area contributed by atoms with Crippen LogP contribution < -0.4 is 4.74 Å². The molecule has 3 heteroatoms. The predicted octanol–water partition coefficient (Wildman–Crippen LogP) is 1.49. The molecule has 94 valence electrons. The Balaban J connectivity index is 1.77. The predicted molar refractivity (Wildman–Crippen MR) is 70.6 cm³/mol. The molecule has 1 aliphatic rings. The Bertz CT molecular complexity index is 329. The quantitative estimate of drug-likeness (QED) is 0.785. The van der Waals surface area contributed by atoms with Crippen molar-refractivity contribution in [1.29, 1.82) is 0 Å². The van der Waals surface area contributed by atoms with Crippen LogP contribution in [-0.4, -0.2) is 56.7 Å². The summed E-state index contributed by atoms with van der Waals surface area (Å²) in [6.45, 7) is 5.96. The highest BCUT2D eigenvalue weighted by atomic mass is 16.5. The number of hydrogen-bond donors (Lipinski definition) is 0. The molecule has 1 aromatic carbocycles. The third-order valence-corrected chi connectivity index (χ3v) is 3.47. The number of ether oxygens (including phenoxy) is 1. The summed E-state index contributed by atoms with van der Waals surface area (Å²) in [6.07, 6.45) is 1.13. The largest absolute Gasteiger partial charge is 0.497 e. The van der Waals surface area contributed by atoms with Gasteiger partial charge in [-0.15, -0.1) is 0 Å². The van der Waals surface area contributed by atoms with E-state index < -0.39 is 0 Å². The molecule has 0 aliphatic carbocycles. The van der Waals surface area contributed by atoms with Gasteiger partial charge in [0.05, 0.1) is 7.11 Å². The Morgan fingerprint density at radius 3 is 2.29 bits per heavy atom. The van der Waals surface area contributed by atoms with Gasteiger partial charge in [-0.05, 0) is 31.2 Å². The lowest BCUT2D eigenvalue weighted by atomic mass is 10.1. The molecule has 0 atom stereocenters. The van der Waals surface area contributed by atoms with Gasteiger partial charge in [0.2, 0.25) is 0 Å². The first-order valence-electron chi connectivity index (χ1n) is 6.32. The Hall–Kier alpha value is -1.06. The van der Waals surface area contributed by atoms with Crippen LogP contribution in [0.15, 0.2) is 24.3 Å². The van der Waals surface area contributed by atoms with Crippen molar-refractivity contribution in [2.75, 3.05) is 46.9 Å². The van der Waals surface area contributed by atoms with Crippen molar-refractivity contribution in [1.82, 2.24) is 9.80 Å². The highest BCUT2D eigenvalue weighted by Gasteiger charge is 2.12. The molecule has 17 heavy (non-hydrogen) atoms. The molecular formula is C14H22N2O. The third-order valence-electron chi connectivity index (χ3n) is 3.47. The second-order valence-electron chi connectivity index (χ2n) is 4.74. The number of piperazine rings is 1. The average molecular weight is 234 g/mol. The van der Waals surface area contributed by atoms with E-state index in [1.54, 1.807) is 7.11 Å². The van der Waals surface area contributed by atoms with Crippen LogP contribution in [0.5, 0.6) is 5.75 Å². The molecule has 0 radical (unpaired) electrons. The molecule has 0 aromatic heterocycles. The molecule has 1 saturated heterocycles. The second kappa shape index (κ2) is 6.03. The monoisotopic (exact) mass is 234 g/mol. The SMILES string of the molecule is COc1ccc(CCN2CCN(C)CC2)cc1. The van der Waals surface area contributed by atoms with Crippen LogP contribution in [0.25, 0.3) is 0 Å². The van der Waals surface area contributed by atoms with Crippen LogP contribution in [0.3, 0.4) is 0 Å². The van der Waals surface area contributed by atoms with E-state index in [0.717, 1.165) is 12.2 Å². The lowest BCUT2D eigenvalue weighted by molar-refractivity contribution is 0.155. The number of nitrogens with zero attached hydrogens (tertiary/aromatic N) is 2. The third kappa shape index (κ3) is 3.72. The van der Waals surface area contributed by atoms with Crippen LogP contribution in [0, 0.1) is 0 Å². The van der Waals surface area contributed by atoms with E-state index in [4.69, 9.17) is 4.74 Å². The Kier molecular flexibility index (Phi) is 4.40. The van der Waals surface area contributed by atoms with Gasteiger partial charge in [-0.25, -0.2) is 0 Å². The molecule has 0 saturated carbocycles. The highest BCUT2D eigenvalue weighted by molar-refractivity contribution is 5.27. The first-order chi connectivity index (χ1) is 8.28. The van der Waals surface area contributed by atoms with E-state index in [1.165, 1.54) is 38.3 Å². The van der Waals surface area contributed by atoms with Gasteiger partial charge < -0.3 is 14.5 Å². The zero-order valence-corrected chi connectivity index (χ0v) is 10.9. The number of benzene rings is 1. The van der Waals surface area contributed by atoms with Gasteiger partial charge >= 0.3 is 0 Å². The Labute approximate surface area is 104 Å². The minimum Gasteiger partial charge on any atom is -0.497 e. The van der Waals surface area contributed by atoms with E-state index in [0.29, 0.717) is 0 Å². The first-order valence-corrected chi connectivity index (χ1v) is 6.32. The van der Waals surface area contributed by atoms with Crippen molar-refractivity contribution in [3.8, 4) is 5.75 Å². The van der Waals surface area contributed by atoms with Crippen molar-refractivity contribution in [3.05, 3.63) is 29.8 Å². The summed E-state index contributed by atoms with van der Waals surface area (Å²) in [5, 5.41) is 0. The standard InChI is InChI=1S/C14H22N2O/c1-15-9-11-16(12-10-15)8-7-13-3-5-14(17-2)6-4-13/h3-6H,7-12H2,1-2H3. The van der Waals surface area contributed by atoms with Crippen molar-refractivity contribution in [2.45, 2.75) is 6.42 Å². The topological polar surface area (TPSA) is 15.7 Å². The number of rotatable bonds is 4. The maximum atomic E-state index is 5.16. The van der Waals surface area contributed by atoms with Gasteiger partial charge in [0.1, 0.15) is 5.75 Å². The fourth-order valence-electron chi connectivity index (χ4n) is 2.15. The summed E-state index contributed by atoms with van der Waals surface area (Å²) in [6, 6.07) is 8.41. The smallest absolute Gasteiger partial charge is 0.118 e. The molecule has 0 amide bonds. The molecule has 1 heterocycles. The maximum absolute atomic E-state index is 5.16. The van der Waals surface area contributed by atoms with Crippen molar-refractivity contribution < 1.29 is 4.74 Å². The summed E-state index contributed by atoms with van der Waals surface area (Å²) in [4.78, 5) is 4.94. The number of hydrogen-bond acceptors (Lipinski definition) is 3. The summed E-state index contributed by atoms with van der Waals surface area (Å²) in [5.41, 5.74) is 1.39. The highest BCUT2D eigenvalue weighted by Crippen LogP contribution is 2.12. The number of likely N-dealkylation sites (N-methyl/N-ethyl adjacent to an activating group) is 1. The molecule has 0 spiro atoms. The van der Waals surface area contributed by atoms with Crippen LogP contribution in [-0.2, 0) is 6.42 Å². The Morgan fingerprint density at radius 1 is 1.06 bits per heavy atom. The van der Waals surface area contributed by atoms with Crippen LogP contribution >= 0.6 is 0 Å². The van der Waals surface area contributed by atoms with E-state index in [9.17, 15) is 0 Å². The normalized spacial score (nSPS) is 18.2. The van der Waals surface area contributed by atoms with Crippen molar-refractivity contribution in [3.63, 3.8) is 0 Å². The maximum Gasteiger partial charge on any atom is 0.118 e. The van der Waals surface area contributed by atoms with E-state index in [-0.39, 0.29) is 0 Å².